The predicted molar refractivity (Wildman–Crippen MR) is 115 cm³/mol. The second kappa shape index (κ2) is 10.9. The van der Waals surface area contributed by atoms with Crippen molar-refractivity contribution in [1.82, 2.24) is 14.5 Å². The zero-order valence-electron chi connectivity index (χ0n) is 17.6. The Morgan fingerprint density at radius 3 is 2.55 bits per heavy atom. The van der Waals surface area contributed by atoms with E-state index in [1.54, 1.807) is 0 Å². The van der Waals surface area contributed by atoms with Crippen LogP contribution in [0.15, 0.2) is 23.1 Å². The highest BCUT2D eigenvalue weighted by atomic mass is 32.2. The third-order valence-corrected chi connectivity index (χ3v) is 6.63. The van der Waals surface area contributed by atoms with Gasteiger partial charge in [0.2, 0.25) is 10.0 Å². The Kier molecular flexibility index (Phi) is 8.81. The lowest BCUT2D eigenvalue weighted by Gasteiger charge is -2.30. The highest BCUT2D eigenvalue weighted by Crippen LogP contribution is 2.27. The second-order valence-corrected chi connectivity index (χ2v) is 9.71. The summed E-state index contributed by atoms with van der Waals surface area (Å²) >= 11 is 0. The highest BCUT2D eigenvalue weighted by Gasteiger charge is 2.21. The summed E-state index contributed by atoms with van der Waals surface area (Å²) in [6.07, 6.45) is 3.31. The molecule has 2 rings (SSSR count). The summed E-state index contributed by atoms with van der Waals surface area (Å²) in [5.41, 5.74) is 0.113. The molecular weight excluding hydrogens is 394 g/mol. The molecule has 9 nitrogen and oxygen atoms in total. The molecule has 0 aromatic heterocycles. The van der Waals surface area contributed by atoms with Crippen molar-refractivity contribution in [1.29, 1.82) is 0 Å². The normalized spacial score (nSPS) is 16.3. The Balaban J connectivity index is 1.94. The molecule has 0 amide bonds. The monoisotopic (exact) mass is 427 g/mol. The van der Waals surface area contributed by atoms with Crippen molar-refractivity contribution in [3.8, 4) is 0 Å². The zero-order valence-corrected chi connectivity index (χ0v) is 18.4. The van der Waals surface area contributed by atoms with Crippen LogP contribution < -0.4 is 10.0 Å². The molecule has 0 radical (unpaired) electrons. The van der Waals surface area contributed by atoms with Gasteiger partial charge in [-0.05, 0) is 71.0 Å². The second-order valence-electron chi connectivity index (χ2n) is 7.94. The molecule has 0 aliphatic carbocycles. The summed E-state index contributed by atoms with van der Waals surface area (Å²) in [4.78, 5) is 15.1. The molecule has 0 spiro atoms. The van der Waals surface area contributed by atoms with Gasteiger partial charge in [-0.25, -0.2) is 13.1 Å². The van der Waals surface area contributed by atoms with Gasteiger partial charge >= 0.3 is 0 Å². The van der Waals surface area contributed by atoms with E-state index >= 15 is 0 Å². The average Bonchev–Trinajstić information content (AvgIpc) is 2.66. The lowest BCUT2D eigenvalue weighted by Crippen LogP contribution is -2.34. The van der Waals surface area contributed by atoms with Gasteiger partial charge in [-0.1, -0.05) is 6.92 Å². The minimum Gasteiger partial charge on any atom is -0.379 e. The van der Waals surface area contributed by atoms with Crippen molar-refractivity contribution in [3.63, 3.8) is 0 Å². The first-order valence-corrected chi connectivity index (χ1v) is 11.6. The van der Waals surface area contributed by atoms with E-state index in [4.69, 9.17) is 0 Å². The summed E-state index contributed by atoms with van der Waals surface area (Å²) < 4.78 is 27.2. The largest absolute Gasteiger partial charge is 0.379 e. The van der Waals surface area contributed by atoms with Crippen LogP contribution in [0.25, 0.3) is 0 Å². The number of piperidine rings is 1. The Hall–Kier alpha value is -1.75. The number of nitro benzene ring substituents is 1. The lowest BCUT2D eigenvalue weighted by molar-refractivity contribution is -0.384. The number of nitrogens with one attached hydrogen (secondary N) is 2. The first-order chi connectivity index (χ1) is 13.7. The van der Waals surface area contributed by atoms with E-state index in [9.17, 15) is 18.5 Å². The summed E-state index contributed by atoms with van der Waals surface area (Å²) in [5, 5.41) is 14.5. The maximum absolute atomic E-state index is 12.4. The van der Waals surface area contributed by atoms with Gasteiger partial charge in [0.05, 0.1) is 9.82 Å². The van der Waals surface area contributed by atoms with Crippen LogP contribution in [-0.4, -0.2) is 76.5 Å². The van der Waals surface area contributed by atoms with Gasteiger partial charge in [0.1, 0.15) is 5.69 Å². The molecule has 1 aromatic rings. The summed E-state index contributed by atoms with van der Waals surface area (Å²) in [6, 6.07) is 3.99. The number of hydrogen-bond donors (Lipinski definition) is 2. The van der Waals surface area contributed by atoms with E-state index < -0.39 is 14.9 Å². The fraction of sp³-hybridized carbons (Fsp3) is 0.684. The van der Waals surface area contributed by atoms with Crippen LogP contribution in [0, 0.1) is 16.0 Å². The maximum Gasteiger partial charge on any atom is 0.293 e. The van der Waals surface area contributed by atoms with Gasteiger partial charge < -0.3 is 15.1 Å². The molecule has 10 heteroatoms. The lowest BCUT2D eigenvalue weighted by atomic mass is 9.99. The van der Waals surface area contributed by atoms with Crippen molar-refractivity contribution in [2.24, 2.45) is 5.92 Å². The van der Waals surface area contributed by atoms with Crippen LogP contribution in [0.5, 0.6) is 0 Å². The van der Waals surface area contributed by atoms with Crippen LogP contribution in [0.3, 0.4) is 0 Å². The van der Waals surface area contributed by atoms with Crippen molar-refractivity contribution in [2.75, 3.05) is 58.7 Å². The molecule has 0 saturated carbocycles. The standard InChI is InChI=1S/C19H33N5O4S/c1-16-7-12-23(13-8-16)11-4-9-20-18-6-5-17(15-19(18)24(25)26)29(27,28)21-10-14-22(2)3/h5-6,15-16,20-21H,4,7-14H2,1-3H3. The fourth-order valence-corrected chi connectivity index (χ4v) is 4.32. The van der Waals surface area contributed by atoms with Crippen LogP contribution in [0.4, 0.5) is 11.4 Å². The molecule has 29 heavy (non-hydrogen) atoms. The van der Waals surface area contributed by atoms with Crippen LogP contribution in [0.2, 0.25) is 0 Å². The van der Waals surface area contributed by atoms with E-state index in [0.717, 1.165) is 38.0 Å². The quantitative estimate of drug-likeness (QED) is 0.316. The Labute approximate surface area is 173 Å². The molecule has 1 aliphatic rings. The van der Waals surface area contributed by atoms with Gasteiger partial charge in [0.15, 0.2) is 0 Å². The van der Waals surface area contributed by atoms with Gasteiger partial charge in [0, 0.05) is 25.7 Å². The molecule has 0 bridgehead atoms. The van der Waals surface area contributed by atoms with Gasteiger partial charge in [-0.2, -0.15) is 0 Å². The van der Waals surface area contributed by atoms with Crippen molar-refractivity contribution in [2.45, 2.75) is 31.1 Å². The molecular formula is C19H33N5O4S. The topological polar surface area (TPSA) is 108 Å². The average molecular weight is 428 g/mol. The van der Waals surface area contributed by atoms with Gasteiger partial charge in [-0.15, -0.1) is 0 Å². The third kappa shape index (κ3) is 7.54. The first kappa shape index (κ1) is 23.5. The van der Waals surface area contributed by atoms with E-state index in [2.05, 4.69) is 21.9 Å². The summed E-state index contributed by atoms with van der Waals surface area (Å²) in [5.74, 6) is 0.791. The number of sulfonamides is 1. The molecule has 164 valence electrons. The molecule has 1 aliphatic heterocycles. The van der Waals surface area contributed by atoms with Crippen molar-refractivity contribution >= 4 is 21.4 Å². The summed E-state index contributed by atoms with van der Waals surface area (Å²) in [7, 11) is -0.111. The molecule has 1 saturated heterocycles. The van der Waals surface area contributed by atoms with Crippen molar-refractivity contribution in [3.05, 3.63) is 28.3 Å². The minimum atomic E-state index is -3.79. The number of hydrogen-bond acceptors (Lipinski definition) is 7. The number of likely N-dealkylation sites (N-methyl/N-ethyl adjacent to an activating group) is 1. The highest BCUT2D eigenvalue weighted by molar-refractivity contribution is 7.89. The fourth-order valence-electron chi connectivity index (χ4n) is 3.28. The molecule has 2 N–H and O–H groups in total. The number of likely N-dealkylation sites (tertiary alicyclic amines) is 1. The Morgan fingerprint density at radius 1 is 1.24 bits per heavy atom. The zero-order chi connectivity index (χ0) is 21.4. The summed E-state index contributed by atoms with van der Waals surface area (Å²) in [6.45, 7) is 6.81. The third-order valence-electron chi connectivity index (χ3n) is 5.17. The van der Waals surface area contributed by atoms with Crippen LogP contribution in [0.1, 0.15) is 26.2 Å². The predicted octanol–water partition coefficient (Wildman–Crippen LogP) is 1.97. The Morgan fingerprint density at radius 2 is 1.93 bits per heavy atom. The molecule has 0 atom stereocenters. The molecule has 1 fully saturated rings. The van der Waals surface area contributed by atoms with E-state index in [-0.39, 0.29) is 17.1 Å². The van der Waals surface area contributed by atoms with Gasteiger partial charge in [0.25, 0.3) is 5.69 Å². The maximum atomic E-state index is 12.4. The minimum absolute atomic E-state index is 0.101. The molecule has 1 heterocycles. The van der Waals surface area contributed by atoms with E-state index in [0.29, 0.717) is 18.8 Å². The van der Waals surface area contributed by atoms with Gasteiger partial charge in [-0.3, -0.25) is 10.1 Å². The van der Waals surface area contributed by atoms with E-state index in [1.165, 1.54) is 25.0 Å². The van der Waals surface area contributed by atoms with Crippen molar-refractivity contribution < 1.29 is 13.3 Å². The smallest absolute Gasteiger partial charge is 0.293 e. The SMILES string of the molecule is CC1CCN(CCCNc2ccc(S(=O)(=O)NCCN(C)C)cc2[N+](=O)[O-])CC1. The number of anilines is 1. The van der Waals surface area contributed by atoms with E-state index in [1.807, 2.05) is 19.0 Å². The number of nitrogens with zero attached hydrogens (tertiary/aromatic N) is 3. The first-order valence-electron chi connectivity index (χ1n) is 10.1. The molecule has 0 unspecified atom stereocenters. The van der Waals surface area contributed by atoms with Crippen LogP contribution in [-0.2, 0) is 10.0 Å². The Bertz CT molecular complexity index is 777. The number of nitro groups is 1. The number of rotatable bonds is 11. The number of benzene rings is 1. The van der Waals surface area contributed by atoms with Crippen LogP contribution >= 0.6 is 0 Å². The molecule has 1 aromatic carbocycles.